The SMILES string of the molecule is Cc1cc(Cl)nc(C)c1C(=O)NCCC(C)N1CCC(N2C(=O)N(CC(F)(F)F)C[C@H]2c2ccccc2)CC1. The Balaban J connectivity index is 1.33. The summed E-state index contributed by atoms with van der Waals surface area (Å²) in [5, 5.41) is 3.34. The van der Waals surface area contributed by atoms with Crippen molar-refractivity contribution in [3.63, 3.8) is 0 Å². The number of piperidine rings is 1. The fraction of sp³-hybridized carbons (Fsp3) is 0.536. The quantitative estimate of drug-likeness (QED) is 0.437. The van der Waals surface area contributed by atoms with Gasteiger partial charge >= 0.3 is 12.2 Å². The molecule has 3 heterocycles. The minimum absolute atomic E-state index is 0.0285. The van der Waals surface area contributed by atoms with Crippen molar-refractivity contribution in [1.82, 2.24) is 25.0 Å². The third-order valence-corrected chi connectivity index (χ3v) is 7.93. The first kappa shape index (κ1) is 29.1. The van der Waals surface area contributed by atoms with E-state index in [1.165, 1.54) is 0 Å². The molecule has 7 nitrogen and oxygen atoms in total. The highest BCUT2D eigenvalue weighted by atomic mass is 35.5. The van der Waals surface area contributed by atoms with Crippen LogP contribution in [0.2, 0.25) is 5.15 Å². The normalized spacial score (nSPS) is 20.0. The summed E-state index contributed by atoms with van der Waals surface area (Å²) in [6, 6.07) is 10.1. The Morgan fingerprint density at radius 1 is 1.18 bits per heavy atom. The third kappa shape index (κ3) is 7.03. The molecular weight excluding hydrogens is 531 g/mol. The van der Waals surface area contributed by atoms with Gasteiger partial charge in [0.15, 0.2) is 0 Å². The fourth-order valence-electron chi connectivity index (χ4n) is 5.77. The number of halogens is 4. The van der Waals surface area contributed by atoms with Crippen molar-refractivity contribution in [2.24, 2.45) is 0 Å². The lowest BCUT2D eigenvalue weighted by Crippen LogP contribution is -2.50. The lowest BCUT2D eigenvalue weighted by molar-refractivity contribution is -0.138. The number of hydrogen-bond donors (Lipinski definition) is 1. The Labute approximate surface area is 232 Å². The van der Waals surface area contributed by atoms with Gasteiger partial charge in [0.25, 0.3) is 5.91 Å². The van der Waals surface area contributed by atoms with Gasteiger partial charge in [0, 0.05) is 38.3 Å². The summed E-state index contributed by atoms with van der Waals surface area (Å²) in [5.41, 5.74) is 2.75. The first-order chi connectivity index (χ1) is 18.4. The molecule has 2 aliphatic rings. The molecule has 4 rings (SSSR count). The standard InChI is InChI=1S/C28H35ClF3N5O2/c1-18-15-24(29)34-20(3)25(18)26(38)33-12-9-19(2)35-13-10-22(11-14-35)37-23(21-7-5-4-6-8-21)16-36(27(37)39)17-28(30,31)32/h4-8,15,19,22-23H,9-14,16-17H2,1-3H3,(H,33,38)/t19?,23-/m0/s1. The van der Waals surface area contributed by atoms with Crippen molar-refractivity contribution < 1.29 is 22.8 Å². The summed E-state index contributed by atoms with van der Waals surface area (Å²) in [6.45, 7) is 6.43. The zero-order chi connectivity index (χ0) is 28.3. The molecule has 3 amide bonds. The number of benzene rings is 1. The summed E-state index contributed by atoms with van der Waals surface area (Å²) < 4.78 is 39.5. The van der Waals surface area contributed by atoms with Crippen LogP contribution in [0.25, 0.3) is 0 Å². The monoisotopic (exact) mass is 565 g/mol. The summed E-state index contributed by atoms with van der Waals surface area (Å²) in [5.74, 6) is -0.178. The van der Waals surface area contributed by atoms with Crippen LogP contribution in [0.1, 0.15) is 59.4 Å². The number of hydrogen-bond acceptors (Lipinski definition) is 4. The molecule has 2 fully saturated rings. The van der Waals surface area contributed by atoms with Crippen molar-refractivity contribution in [3.8, 4) is 0 Å². The average Bonchev–Trinajstić information content (AvgIpc) is 3.18. The lowest BCUT2D eigenvalue weighted by Gasteiger charge is -2.41. The molecule has 212 valence electrons. The number of aryl methyl sites for hydroxylation is 2. The number of likely N-dealkylation sites (tertiary alicyclic amines) is 1. The highest BCUT2D eigenvalue weighted by Crippen LogP contribution is 2.36. The smallest absolute Gasteiger partial charge is 0.352 e. The zero-order valence-corrected chi connectivity index (χ0v) is 23.2. The number of carbonyl (C=O) groups is 2. The van der Waals surface area contributed by atoms with Gasteiger partial charge < -0.3 is 20.0 Å². The molecule has 1 aromatic heterocycles. The summed E-state index contributed by atoms with van der Waals surface area (Å²) in [6.07, 6.45) is -2.34. The van der Waals surface area contributed by atoms with E-state index in [1.807, 2.05) is 37.3 Å². The topological polar surface area (TPSA) is 68.8 Å². The van der Waals surface area contributed by atoms with E-state index in [4.69, 9.17) is 11.6 Å². The predicted molar refractivity (Wildman–Crippen MR) is 144 cm³/mol. The van der Waals surface area contributed by atoms with E-state index in [1.54, 1.807) is 17.9 Å². The highest BCUT2D eigenvalue weighted by molar-refractivity contribution is 6.29. The summed E-state index contributed by atoms with van der Waals surface area (Å²) >= 11 is 5.97. The Morgan fingerprint density at radius 2 is 1.85 bits per heavy atom. The molecule has 1 N–H and O–H groups in total. The van der Waals surface area contributed by atoms with Gasteiger partial charge in [0.1, 0.15) is 11.7 Å². The summed E-state index contributed by atoms with van der Waals surface area (Å²) in [4.78, 5) is 35.0. The molecule has 0 radical (unpaired) electrons. The second-order valence-electron chi connectivity index (χ2n) is 10.5. The number of rotatable bonds is 8. The number of amides is 3. The largest absolute Gasteiger partial charge is 0.406 e. The van der Waals surface area contributed by atoms with E-state index in [0.29, 0.717) is 35.8 Å². The Morgan fingerprint density at radius 3 is 2.46 bits per heavy atom. The molecule has 1 aromatic carbocycles. The first-order valence-corrected chi connectivity index (χ1v) is 13.7. The van der Waals surface area contributed by atoms with E-state index in [0.717, 1.165) is 35.5 Å². The van der Waals surface area contributed by atoms with Gasteiger partial charge in [-0.1, -0.05) is 41.9 Å². The second kappa shape index (κ2) is 12.1. The molecule has 2 saturated heterocycles. The van der Waals surface area contributed by atoms with E-state index in [-0.39, 0.29) is 24.5 Å². The average molecular weight is 566 g/mol. The molecule has 0 spiro atoms. The molecule has 2 atom stereocenters. The Kier molecular flexibility index (Phi) is 9.06. The predicted octanol–water partition coefficient (Wildman–Crippen LogP) is 5.37. The molecule has 39 heavy (non-hydrogen) atoms. The van der Waals surface area contributed by atoms with E-state index < -0.39 is 24.8 Å². The van der Waals surface area contributed by atoms with Crippen molar-refractivity contribution in [2.75, 3.05) is 32.7 Å². The van der Waals surface area contributed by atoms with E-state index >= 15 is 0 Å². The van der Waals surface area contributed by atoms with Crippen LogP contribution in [0.5, 0.6) is 0 Å². The van der Waals surface area contributed by atoms with Crippen LogP contribution < -0.4 is 5.32 Å². The molecular formula is C28H35ClF3N5O2. The molecule has 2 aliphatic heterocycles. The van der Waals surface area contributed by atoms with Gasteiger partial charge in [-0.25, -0.2) is 9.78 Å². The van der Waals surface area contributed by atoms with Crippen molar-refractivity contribution in [3.05, 3.63) is 63.9 Å². The second-order valence-corrected chi connectivity index (χ2v) is 10.9. The van der Waals surface area contributed by atoms with Crippen molar-refractivity contribution in [1.29, 1.82) is 0 Å². The number of alkyl halides is 3. The van der Waals surface area contributed by atoms with Crippen LogP contribution >= 0.6 is 11.6 Å². The first-order valence-electron chi connectivity index (χ1n) is 13.3. The van der Waals surface area contributed by atoms with Crippen molar-refractivity contribution >= 4 is 23.5 Å². The molecule has 2 aromatic rings. The Bertz CT molecular complexity index is 1150. The maximum atomic E-state index is 13.2. The fourth-order valence-corrected chi connectivity index (χ4v) is 6.06. The van der Waals surface area contributed by atoms with Crippen LogP contribution in [0.15, 0.2) is 36.4 Å². The number of carbonyl (C=O) groups excluding carboxylic acids is 2. The third-order valence-electron chi connectivity index (χ3n) is 7.73. The molecule has 1 unspecified atom stereocenters. The minimum atomic E-state index is -4.44. The minimum Gasteiger partial charge on any atom is -0.352 e. The number of urea groups is 1. The van der Waals surface area contributed by atoms with Crippen LogP contribution in [0, 0.1) is 13.8 Å². The summed E-state index contributed by atoms with van der Waals surface area (Å²) in [7, 11) is 0. The maximum Gasteiger partial charge on any atom is 0.406 e. The van der Waals surface area contributed by atoms with Gasteiger partial charge in [-0.15, -0.1) is 0 Å². The zero-order valence-electron chi connectivity index (χ0n) is 22.5. The Hall–Kier alpha value is -2.85. The highest BCUT2D eigenvalue weighted by Gasteiger charge is 2.46. The van der Waals surface area contributed by atoms with Gasteiger partial charge in [-0.2, -0.15) is 13.2 Å². The number of aromatic nitrogens is 1. The molecule has 0 aliphatic carbocycles. The van der Waals surface area contributed by atoms with Crippen LogP contribution in [-0.2, 0) is 0 Å². The van der Waals surface area contributed by atoms with Crippen LogP contribution in [0.4, 0.5) is 18.0 Å². The lowest BCUT2D eigenvalue weighted by atomic mass is 9.98. The van der Waals surface area contributed by atoms with Gasteiger partial charge in [0.2, 0.25) is 0 Å². The van der Waals surface area contributed by atoms with Gasteiger partial charge in [0.05, 0.1) is 17.3 Å². The van der Waals surface area contributed by atoms with Crippen LogP contribution in [0.3, 0.4) is 0 Å². The van der Waals surface area contributed by atoms with Crippen LogP contribution in [-0.4, -0.2) is 82.6 Å². The van der Waals surface area contributed by atoms with Gasteiger partial charge in [-0.05, 0) is 57.2 Å². The molecule has 0 saturated carbocycles. The van der Waals surface area contributed by atoms with E-state index in [2.05, 4.69) is 22.1 Å². The number of nitrogens with one attached hydrogen (secondary N) is 1. The molecule has 0 bridgehead atoms. The molecule has 11 heteroatoms. The number of pyridine rings is 1. The van der Waals surface area contributed by atoms with Crippen molar-refractivity contribution in [2.45, 2.75) is 64.3 Å². The maximum absolute atomic E-state index is 13.2. The van der Waals surface area contributed by atoms with Gasteiger partial charge in [-0.3, -0.25) is 4.79 Å². The van der Waals surface area contributed by atoms with E-state index in [9.17, 15) is 22.8 Å². The number of nitrogens with zero attached hydrogens (tertiary/aromatic N) is 4.